The van der Waals surface area contributed by atoms with E-state index in [-0.39, 0.29) is 5.05 Å². The molecule has 6 nitrogen and oxygen atoms in total. The summed E-state index contributed by atoms with van der Waals surface area (Å²) in [5, 5.41) is 37.1. The number of hydrogen-bond donors (Lipinski definition) is 3. The van der Waals surface area contributed by atoms with E-state index < -0.39 is 24.6 Å². The van der Waals surface area contributed by atoms with Crippen molar-refractivity contribution in [1.29, 1.82) is 5.26 Å². The Bertz CT molecular complexity index is 512. The first-order valence-electron chi connectivity index (χ1n) is 5.44. The molecule has 1 aliphatic rings. The van der Waals surface area contributed by atoms with Crippen LogP contribution < -0.4 is 4.74 Å². The van der Waals surface area contributed by atoms with E-state index in [4.69, 9.17) is 27.0 Å². The minimum absolute atomic E-state index is 0.239. The second-order valence-corrected chi connectivity index (χ2v) is 4.39. The van der Waals surface area contributed by atoms with E-state index in [0.717, 1.165) is 0 Å². The molecule has 1 fully saturated rings. The summed E-state index contributed by atoms with van der Waals surface area (Å²) in [5.41, 5.74) is 0.462. The molecule has 1 aliphatic heterocycles. The van der Waals surface area contributed by atoms with Gasteiger partial charge in [0.2, 0.25) is 0 Å². The molecule has 1 heterocycles. The van der Waals surface area contributed by atoms with Crippen LogP contribution in [0.3, 0.4) is 0 Å². The molecule has 2 rings (SSSR count). The molecular weight excluding hydrogens is 270 g/mol. The van der Waals surface area contributed by atoms with Gasteiger partial charge < -0.3 is 24.8 Å². The second-order valence-electron chi connectivity index (χ2n) is 3.99. The zero-order chi connectivity index (χ0) is 14.0. The molecule has 0 amide bonds. The summed E-state index contributed by atoms with van der Waals surface area (Å²) in [5.74, 6) is 0.342. The van der Waals surface area contributed by atoms with E-state index >= 15 is 0 Å². The maximum Gasteiger partial charge on any atom is 0.270 e. The number of nitriles is 1. The molecule has 0 aliphatic carbocycles. The summed E-state index contributed by atoms with van der Waals surface area (Å²) in [6.45, 7) is 0. The quantitative estimate of drug-likeness (QED) is 0.640. The second kappa shape index (κ2) is 5.50. The Kier molecular flexibility index (Phi) is 3.97. The van der Waals surface area contributed by atoms with Gasteiger partial charge in [-0.15, -0.1) is 0 Å². The average molecular weight is 281 g/mol. The zero-order valence-corrected chi connectivity index (χ0v) is 10.4. The first kappa shape index (κ1) is 13.7. The number of hydrogen-bond acceptors (Lipinski definition) is 7. The number of nitrogens with zero attached hydrogens (tertiary/aromatic N) is 1. The number of benzene rings is 1. The van der Waals surface area contributed by atoms with E-state index in [0.29, 0.717) is 11.3 Å². The minimum atomic E-state index is -1.47. The summed E-state index contributed by atoms with van der Waals surface area (Å²) < 4.78 is 10.3. The third kappa shape index (κ3) is 2.83. The fourth-order valence-electron chi connectivity index (χ4n) is 1.58. The van der Waals surface area contributed by atoms with Crippen LogP contribution in [0.15, 0.2) is 24.3 Å². The molecule has 3 N–H and O–H groups in total. The lowest BCUT2D eigenvalue weighted by atomic mass is 10.1. The molecule has 100 valence electrons. The van der Waals surface area contributed by atoms with Crippen LogP contribution >= 0.6 is 12.2 Å². The minimum Gasteiger partial charge on any atom is -0.452 e. The highest BCUT2D eigenvalue weighted by Crippen LogP contribution is 2.22. The number of rotatable bonds is 2. The van der Waals surface area contributed by atoms with Crippen LogP contribution in [0.5, 0.6) is 5.75 Å². The Labute approximate surface area is 114 Å². The van der Waals surface area contributed by atoms with Crippen molar-refractivity contribution < 1.29 is 24.8 Å². The summed E-state index contributed by atoms with van der Waals surface area (Å²) in [6, 6.07) is 8.07. The van der Waals surface area contributed by atoms with Crippen molar-refractivity contribution in [1.82, 2.24) is 0 Å². The first-order chi connectivity index (χ1) is 9.02. The molecule has 0 bridgehead atoms. The SMILES string of the molecule is N#Cc1ccc(O[C@H]2OC(=S)[C@@H](O)[C@H](O)[C@H]2O)cc1. The van der Waals surface area contributed by atoms with Gasteiger partial charge in [0.15, 0.2) is 17.3 Å². The molecule has 0 spiro atoms. The fraction of sp³-hybridized carbons (Fsp3) is 0.333. The molecule has 1 saturated heterocycles. The van der Waals surface area contributed by atoms with E-state index in [1.165, 1.54) is 24.3 Å². The molecule has 0 radical (unpaired) electrons. The first-order valence-corrected chi connectivity index (χ1v) is 5.85. The van der Waals surface area contributed by atoms with Gasteiger partial charge in [0.1, 0.15) is 11.9 Å². The Morgan fingerprint density at radius 1 is 1.16 bits per heavy atom. The molecule has 7 heteroatoms. The van der Waals surface area contributed by atoms with Gasteiger partial charge in [-0.3, -0.25) is 0 Å². The Morgan fingerprint density at radius 3 is 2.37 bits per heavy atom. The highest BCUT2D eigenvalue weighted by Gasteiger charge is 2.42. The maximum absolute atomic E-state index is 9.72. The number of thiocarbonyl (C=S) groups is 1. The normalized spacial score (nSPS) is 30.3. The van der Waals surface area contributed by atoms with Gasteiger partial charge in [-0.1, -0.05) is 0 Å². The molecular formula is C12H11NO5S. The predicted octanol–water partition coefficient (Wildman–Crippen LogP) is -0.297. The van der Waals surface area contributed by atoms with E-state index in [9.17, 15) is 15.3 Å². The molecule has 1 aromatic rings. The van der Waals surface area contributed by atoms with Crippen LogP contribution in [0.4, 0.5) is 0 Å². The molecule has 1 aromatic carbocycles. The monoisotopic (exact) mass is 281 g/mol. The van der Waals surface area contributed by atoms with Gasteiger partial charge in [-0.25, -0.2) is 0 Å². The number of aliphatic hydroxyl groups is 3. The highest BCUT2D eigenvalue weighted by atomic mass is 32.1. The van der Waals surface area contributed by atoms with E-state index in [1.54, 1.807) is 0 Å². The Morgan fingerprint density at radius 2 is 1.79 bits per heavy atom. The average Bonchev–Trinajstić information content (AvgIpc) is 2.43. The smallest absolute Gasteiger partial charge is 0.270 e. The van der Waals surface area contributed by atoms with Gasteiger partial charge in [0.25, 0.3) is 6.29 Å². The fourth-order valence-corrected chi connectivity index (χ4v) is 1.81. The van der Waals surface area contributed by atoms with E-state index in [2.05, 4.69) is 0 Å². The Hall–Kier alpha value is -1.72. The van der Waals surface area contributed by atoms with Crippen molar-refractivity contribution in [2.45, 2.75) is 24.6 Å². The summed E-state index contributed by atoms with van der Waals surface area (Å²) in [6.07, 6.45) is -5.54. The third-order valence-electron chi connectivity index (χ3n) is 2.66. The number of aliphatic hydroxyl groups excluding tert-OH is 3. The lowest BCUT2D eigenvalue weighted by Crippen LogP contribution is -2.56. The van der Waals surface area contributed by atoms with Crippen molar-refractivity contribution >= 4 is 17.3 Å². The Balaban J connectivity index is 2.09. The molecule has 19 heavy (non-hydrogen) atoms. The maximum atomic E-state index is 9.72. The van der Waals surface area contributed by atoms with Crippen LogP contribution in [0, 0.1) is 11.3 Å². The lowest BCUT2D eigenvalue weighted by Gasteiger charge is -2.35. The third-order valence-corrected chi connectivity index (χ3v) is 3.00. The molecule has 4 atom stereocenters. The van der Waals surface area contributed by atoms with Gasteiger partial charge >= 0.3 is 0 Å². The van der Waals surface area contributed by atoms with E-state index in [1.807, 2.05) is 6.07 Å². The highest BCUT2D eigenvalue weighted by molar-refractivity contribution is 7.80. The summed E-state index contributed by atoms with van der Waals surface area (Å²) in [4.78, 5) is 0. The van der Waals surface area contributed by atoms with Crippen LogP contribution in [0.2, 0.25) is 0 Å². The largest absolute Gasteiger partial charge is 0.452 e. The molecule has 0 saturated carbocycles. The van der Waals surface area contributed by atoms with Crippen molar-refractivity contribution in [2.24, 2.45) is 0 Å². The van der Waals surface area contributed by atoms with Crippen LogP contribution in [0.1, 0.15) is 5.56 Å². The van der Waals surface area contributed by atoms with Crippen LogP contribution in [-0.2, 0) is 4.74 Å². The van der Waals surface area contributed by atoms with Crippen LogP contribution in [0.25, 0.3) is 0 Å². The van der Waals surface area contributed by atoms with Crippen molar-refractivity contribution in [3.8, 4) is 11.8 Å². The van der Waals surface area contributed by atoms with Gasteiger partial charge in [0, 0.05) is 0 Å². The summed E-state index contributed by atoms with van der Waals surface area (Å²) in [7, 11) is 0. The summed E-state index contributed by atoms with van der Waals surface area (Å²) >= 11 is 4.72. The van der Waals surface area contributed by atoms with Gasteiger partial charge in [-0.05, 0) is 36.5 Å². The number of ether oxygens (including phenoxy) is 2. The lowest BCUT2D eigenvalue weighted by molar-refractivity contribution is -0.177. The van der Waals surface area contributed by atoms with Gasteiger partial charge in [-0.2, -0.15) is 5.26 Å². The van der Waals surface area contributed by atoms with Gasteiger partial charge in [0.05, 0.1) is 11.6 Å². The molecule has 0 aromatic heterocycles. The predicted molar refractivity (Wildman–Crippen MR) is 67.3 cm³/mol. The standard InChI is InChI=1S/C12H11NO5S/c13-5-6-1-3-7(4-2-6)17-11-9(15)8(14)10(16)12(19)18-11/h1-4,8-11,14-16H/t8-,9-,10+,11+/m1/s1. The van der Waals surface area contributed by atoms with Crippen molar-refractivity contribution in [3.63, 3.8) is 0 Å². The molecule has 0 unspecified atom stereocenters. The van der Waals surface area contributed by atoms with Crippen molar-refractivity contribution in [3.05, 3.63) is 29.8 Å². The zero-order valence-electron chi connectivity index (χ0n) is 9.63. The van der Waals surface area contributed by atoms with Crippen molar-refractivity contribution in [2.75, 3.05) is 0 Å². The topological polar surface area (TPSA) is 103 Å². The van der Waals surface area contributed by atoms with Crippen LogP contribution in [-0.4, -0.2) is 45.0 Å².